The number of urea groups is 1. The number of nitrogens with one attached hydrogen (secondary N) is 2. The molecule has 35 heavy (non-hydrogen) atoms. The van der Waals surface area contributed by atoms with Crippen LogP contribution < -0.4 is 15.5 Å². The number of benzene rings is 1. The topological polar surface area (TPSA) is 121 Å². The average Bonchev–Trinajstić information content (AvgIpc) is 3.56. The van der Waals surface area contributed by atoms with Crippen molar-refractivity contribution in [2.45, 2.75) is 38.0 Å². The van der Waals surface area contributed by atoms with Crippen LogP contribution in [0.25, 0.3) is 0 Å². The molecule has 2 amide bonds. The summed E-state index contributed by atoms with van der Waals surface area (Å²) >= 11 is 0. The van der Waals surface area contributed by atoms with Crippen molar-refractivity contribution < 1.29 is 14.6 Å². The number of fused-ring (bicyclic) bond motifs is 2. The number of hydrogen-bond acceptors (Lipinski definition) is 8. The fourth-order valence-electron chi connectivity index (χ4n) is 5.11. The number of ether oxygens (including phenoxy) is 1. The molecule has 1 saturated heterocycles. The molecule has 0 bridgehead atoms. The molecule has 1 fully saturated rings. The number of hydrogen-bond donors (Lipinski definition) is 3. The highest BCUT2D eigenvalue weighted by Gasteiger charge is 2.42. The molecule has 6 rings (SSSR count). The summed E-state index contributed by atoms with van der Waals surface area (Å²) < 4.78 is 7.29. The lowest BCUT2D eigenvalue weighted by molar-refractivity contribution is 0.161. The second kappa shape index (κ2) is 9.16. The van der Waals surface area contributed by atoms with Crippen LogP contribution in [-0.2, 0) is 17.8 Å². The van der Waals surface area contributed by atoms with Crippen molar-refractivity contribution in [3.8, 4) is 0 Å². The molecule has 11 heteroatoms. The lowest BCUT2D eigenvalue weighted by atomic mass is 9.95. The second-order valence-electron chi connectivity index (χ2n) is 9.00. The minimum Gasteiger partial charge on any atom is -0.394 e. The molecule has 182 valence electrons. The van der Waals surface area contributed by atoms with E-state index in [0.717, 1.165) is 36.2 Å². The van der Waals surface area contributed by atoms with Crippen LogP contribution in [0.3, 0.4) is 0 Å². The van der Waals surface area contributed by atoms with Crippen LogP contribution in [0.1, 0.15) is 30.0 Å². The fraction of sp³-hybridized carbons (Fsp3) is 0.417. The van der Waals surface area contributed by atoms with Crippen LogP contribution in [0.5, 0.6) is 0 Å². The molecular formula is C24H28N8O3. The molecule has 3 aromatic rings. The minimum absolute atomic E-state index is 0.00896. The predicted octanol–water partition coefficient (Wildman–Crippen LogP) is 2.50. The molecule has 3 aliphatic heterocycles. The summed E-state index contributed by atoms with van der Waals surface area (Å²) in [6.07, 6.45) is 6.84. The number of amides is 2. The highest BCUT2D eigenvalue weighted by Crippen LogP contribution is 2.40. The van der Waals surface area contributed by atoms with E-state index in [1.54, 1.807) is 28.2 Å². The van der Waals surface area contributed by atoms with Crippen molar-refractivity contribution in [1.29, 1.82) is 0 Å². The summed E-state index contributed by atoms with van der Waals surface area (Å²) in [6.45, 7) is 2.80. The fourth-order valence-corrected chi connectivity index (χ4v) is 5.11. The van der Waals surface area contributed by atoms with Gasteiger partial charge in [0.05, 0.1) is 50.3 Å². The Morgan fingerprint density at radius 3 is 3.00 bits per heavy atom. The van der Waals surface area contributed by atoms with E-state index in [2.05, 4.69) is 32.8 Å². The molecule has 1 aromatic carbocycles. The number of aliphatic hydroxyl groups is 1. The van der Waals surface area contributed by atoms with Crippen LogP contribution in [0.15, 0.2) is 42.9 Å². The summed E-state index contributed by atoms with van der Waals surface area (Å²) in [4.78, 5) is 27.0. The number of anilines is 4. The molecule has 3 N–H and O–H groups in total. The maximum Gasteiger partial charge on any atom is 0.326 e. The number of carbonyl (C=O) groups is 1. The molecular weight excluding hydrogens is 448 g/mol. The van der Waals surface area contributed by atoms with Gasteiger partial charge >= 0.3 is 6.03 Å². The maximum absolute atomic E-state index is 14.0. The van der Waals surface area contributed by atoms with E-state index >= 15 is 0 Å². The standard InChI is InChI=1S/C24H28N8O3/c33-9-8-30-14-17(12-27-30)28-23-26-11-16-13-31(21-5-7-25-20-4-2-1-3-19(20)21)24(34)32(22(16)29-23)18-6-10-35-15-18/h1-4,11-12,14,18,21,25,33H,5-10,13,15H2,(H,26,28,29)/t18?,21-/m0/s1. The lowest BCUT2D eigenvalue weighted by Crippen LogP contribution is -2.54. The Morgan fingerprint density at radius 2 is 2.14 bits per heavy atom. The van der Waals surface area contributed by atoms with E-state index in [1.807, 2.05) is 17.0 Å². The number of para-hydroxylation sites is 1. The van der Waals surface area contributed by atoms with Gasteiger partial charge in [0, 0.05) is 36.8 Å². The van der Waals surface area contributed by atoms with Crippen LogP contribution in [0.4, 0.5) is 27.9 Å². The van der Waals surface area contributed by atoms with Gasteiger partial charge in [0.2, 0.25) is 5.95 Å². The van der Waals surface area contributed by atoms with Crippen molar-refractivity contribution in [1.82, 2.24) is 24.6 Å². The molecule has 0 spiro atoms. The van der Waals surface area contributed by atoms with Gasteiger partial charge in [-0.1, -0.05) is 18.2 Å². The average molecular weight is 477 g/mol. The first kappa shape index (κ1) is 21.8. The Bertz CT molecular complexity index is 1220. The predicted molar refractivity (Wildman–Crippen MR) is 130 cm³/mol. The zero-order valence-corrected chi connectivity index (χ0v) is 19.3. The molecule has 11 nitrogen and oxygen atoms in total. The van der Waals surface area contributed by atoms with E-state index in [0.29, 0.717) is 43.8 Å². The quantitative estimate of drug-likeness (QED) is 0.496. The van der Waals surface area contributed by atoms with Crippen molar-refractivity contribution in [3.63, 3.8) is 0 Å². The number of aliphatic hydroxyl groups excluding tert-OH is 1. The Balaban J connectivity index is 1.33. The van der Waals surface area contributed by atoms with E-state index < -0.39 is 0 Å². The molecule has 5 heterocycles. The normalized spacial score (nSPS) is 21.5. The minimum atomic E-state index is -0.0731. The summed E-state index contributed by atoms with van der Waals surface area (Å²) in [5, 5.41) is 19.9. The van der Waals surface area contributed by atoms with Crippen LogP contribution in [0.2, 0.25) is 0 Å². The number of nitrogens with zero attached hydrogens (tertiary/aromatic N) is 6. The highest BCUT2D eigenvalue weighted by atomic mass is 16.5. The smallest absolute Gasteiger partial charge is 0.326 e. The largest absolute Gasteiger partial charge is 0.394 e. The molecule has 0 radical (unpaired) electrons. The van der Waals surface area contributed by atoms with Gasteiger partial charge in [-0.2, -0.15) is 10.1 Å². The first-order valence-electron chi connectivity index (χ1n) is 12.0. The van der Waals surface area contributed by atoms with Crippen molar-refractivity contribution in [2.24, 2.45) is 0 Å². The van der Waals surface area contributed by atoms with Gasteiger partial charge in [0.15, 0.2) is 0 Å². The molecule has 2 atom stereocenters. The molecule has 2 aromatic heterocycles. The third-order valence-corrected chi connectivity index (χ3v) is 6.78. The van der Waals surface area contributed by atoms with Crippen molar-refractivity contribution in [2.75, 3.05) is 41.9 Å². The SMILES string of the molecule is O=C1N(C2CCOC2)c2nc(Nc3cnn(CCO)c3)ncc2CN1[C@H]1CCNc2ccccc21. The van der Waals surface area contributed by atoms with Crippen molar-refractivity contribution >= 4 is 29.2 Å². The van der Waals surface area contributed by atoms with Crippen LogP contribution >= 0.6 is 0 Å². The number of rotatable bonds is 6. The number of carbonyl (C=O) groups excluding carboxylic acids is 1. The summed E-state index contributed by atoms with van der Waals surface area (Å²) in [5.41, 5.74) is 3.84. The van der Waals surface area contributed by atoms with E-state index in [-0.39, 0.29) is 24.7 Å². The third-order valence-electron chi connectivity index (χ3n) is 6.78. The summed E-state index contributed by atoms with van der Waals surface area (Å²) in [5.74, 6) is 1.02. The summed E-state index contributed by atoms with van der Waals surface area (Å²) in [7, 11) is 0. The van der Waals surface area contributed by atoms with E-state index in [9.17, 15) is 4.79 Å². The van der Waals surface area contributed by atoms with Crippen LogP contribution in [-0.4, -0.2) is 68.2 Å². The van der Waals surface area contributed by atoms with E-state index in [1.165, 1.54) is 0 Å². The zero-order valence-electron chi connectivity index (χ0n) is 19.3. The maximum atomic E-state index is 14.0. The summed E-state index contributed by atoms with van der Waals surface area (Å²) in [6, 6.07) is 8.06. The van der Waals surface area contributed by atoms with E-state index in [4.69, 9.17) is 14.8 Å². The molecule has 1 unspecified atom stereocenters. The molecule has 0 saturated carbocycles. The Kier molecular flexibility index (Phi) is 5.71. The van der Waals surface area contributed by atoms with Gasteiger partial charge in [-0.3, -0.25) is 9.58 Å². The van der Waals surface area contributed by atoms with Gasteiger partial charge in [0.1, 0.15) is 5.82 Å². The van der Waals surface area contributed by atoms with Gasteiger partial charge < -0.3 is 25.4 Å². The van der Waals surface area contributed by atoms with Crippen LogP contribution in [0, 0.1) is 0 Å². The molecule has 3 aliphatic rings. The Labute approximate surface area is 202 Å². The second-order valence-corrected chi connectivity index (χ2v) is 9.00. The first-order valence-corrected chi connectivity index (χ1v) is 12.0. The van der Waals surface area contributed by atoms with Gasteiger partial charge in [-0.05, 0) is 24.5 Å². The monoisotopic (exact) mass is 476 g/mol. The number of aromatic nitrogens is 4. The molecule has 0 aliphatic carbocycles. The van der Waals surface area contributed by atoms with Gasteiger partial charge in [0.25, 0.3) is 0 Å². The Morgan fingerprint density at radius 1 is 1.23 bits per heavy atom. The first-order chi connectivity index (χ1) is 17.2. The lowest BCUT2D eigenvalue weighted by Gasteiger charge is -2.43. The highest BCUT2D eigenvalue weighted by molar-refractivity contribution is 5.95. The van der Waals surface area contributed by atoms with Crippen molar-refractivity contribution in [3.05, 3.63) is 54.0 Å². The Hall–Kier alpha value is -3.70. The van der Waals surface area contributed by atoms with Gasteiger partial charge in [-0.25, -0.2) is 9.78 Å². The van der Waals surface area contributed by atoms with Gasteiger partial charge in [-0.15, -0.1) is 0 Å². The zero-order chi connectivity index (χ0) is 23.8. The third kappa shape index (κ3) is 4.06.